The summed E-state index contributed by atoms with van der Waals surface area (Å²) >= 11 is 11.6. The Bertz CT molecular complexity index is 650. The molecule has 2 rings (SSSR count). The molecule has 0 nitrogen and oxygen atoms in total. The van der Waals surface area contributed by atoms with Crippen LogP contribution in [0.1, 0.15) is 71.9 Å². The quantitative estimate of drug-likeness (QED) is 0.253. The zero-order valence-corrected chi connectivity index (χ0v) is 19.6. The van der Waals surface area contributed by atoms with Crippen molar-refractivity contribution in [2.45, 2.75) is 79.1 Å². The van der Waals surface area contributed by atoms with Crippen molar-refractivity contribution in [2.75, 3.05) is 11.8 Å². The lowest BCUT2D eigenvalue weighted by Crippen LogP contribution is -1.99. The van der Waals surface area contributed by atoms with E-state index in [4.69, 9.17) is 23.2 Å². The predicted molar refractivity (Wildman–Crippen MR) is 127 cm³/mol. The summed E-state index contributed by atoms with van der Waals surface area (Å²) in [6.45, 7) is 9.07. The van der Waals surface area contributed by atoms with E-state index in [0.29, 0.717) is 0 Å². The Kier molecular flexibility index (Phi) is 9.89. The first-order valence-electron chi connectivity index (χ1n) is 10.8. The largest absolute Gasteiger partial charge is 0.127 e. The van der Waals surface area contributed by atoms with E-state index in [1.54, 1.807) is 0 Å². The molecule has 0 atom stereocenters. The molecule has 154 valence electrons. The molecule has 2 aromatic carbocycles. The second-order valence-electron chi connectivity index (χ2n) is 8.21. The SMILES string of the molecule is Cc1cc(CCCCCCl)cc(C)c1-c1c(C)cc(CCCCCCl)cc1C. The minimum absolute atomic E-state index is 0.776. The van der Waals surface area contributed by atoms with Crippen molar-refractivity contribution in [3.8, 4) is 11.1 Å². The first-order chi connectivity index (χ1) is 13.5. The summed E-state index contributed by atoms with van der Waals surface area (Å²) in [5.74, 6) is 1.55. The molecule has 0 fully saturated rings. The number of alkyl halides is 2. The van der Waals surface area contributed by atoms with Crippen LogP contribution in [0.15, 0.2) is 24.3 Å². The lowest BCUT2D eigenvalue weighted by atomic mass is 9.86. The molecule has 28 heavy (non-hydrogen) atoms. The molecule has 0 N–H and O–H groups in total. The Labute approximate surface area is 182 Å². The highest BCUT2D eigenvalue weighted by atomic mass is 35.5. The normalized spacial score (nSPS) is 11.2. The zero-order valence-electron chi connectivity index (χ0n) is 18.1. The van der Waals surface area contributed by atoms with Crippen LogP contribution in [-0.4, -0.2) is 11.8 Å². The summed E-state index contributed by atoms with van der Waals surface area (Å²) < 4.78 is 0. The number of benzene rings is 2. The fourth-order valence-electron chi connectivity index (χ4n) is 4.38. The van der Waals surface area contributed by atoms with Crippen molar-refractivity contribution in [1.29, 1.82) is 0 Å². The van der Waals surface area contributed by atoms with Gasteiger partial charge in [-0.2, -0.15) is 0 Å². The van der Waals surface area contributed by atoms with Crippen LogP contribution >= 0.6 is 23.2 Å². The van der Waals surface area contributed by atoms with Crippen molar-refractivity contribution in [3.63, 3.8) is 0 Å². The minimum atomic E-state index is 0.776. The van der Waals surface area contributed by atoms with Gasteiger partial charge in [-0.05, 0) is 111 Å². The van der Waals surface area contributed by atoms with E-state index in [1.807, 2.05) is 0 Å². The van der Waals surface area contributed by atoms with E-state index >= 15 is 0 Å². The average molecular weight is 419 g/mol. The number of hydrogen-bond acceptors (Lipinski definition) is 0. The molecule has 0 aromatic heterocycles. The molecular weight excluding hydrogens is 383 g/mol. The molecular formula is C26H36Cl2. The van der Waals surface area contributed by atoms with Gasteiger partial charge >= 0.3 is 0 Å². The first-order valence-corrected chi connectivity index (χ1v) is 11.9. The maximum absolute atomic E-state index is 5.80. The van der Waals surface area contributed by atoms with Gasteiger partial charge < -0.3 is 0 Å². The third-order valence-corrected chi connectivity index (χ3v) is 6.17. The van der Waals surface area contributed by atoms with Gasteiger partial charge in [0.1, 0.15) is 0 Å². The average Bonchev–Trinajstić information content (AvgIpc) is 2.64. The number of halogens is 2. The van der Waals surface area contributed by atoms with E-state index in [0.717, 1.165) is 37.4 Å². The van der Waals surface area contributed by atoms with Gasteiger partial charge in [-0.3, -0.25) is 0 Å². The molecule has 0 bridgehead atoms. The fraction of sp³-hybridized carbons (Fsp3) is 0.538. The van der Waals surface area contributed by atoms with Crippen LogP contribution in [-0.2, 0) is 12.8 Å². The van der Waals surface area contributed by atoms with Crippen LogP contribution in [0.3, 0.4) is 0 Å². The van der Waals surface area contributed by atoms with Gasteiger partial charge in [-0.1, -0.05) is 37.1 Å². The number of unbranched alkanes of at least 4 members (excludes halogenated alkanes) is 4. The number of rotatable bonds is 11. The van der Waals surface area contributed by atoms with Gasteiger partial charge in [0.15, 0.2) is 0 Å². The summed E-state index contributed by atoms with van der Waals surface area (Å²) in [5, 5.41) is 0. The number of hydrogen-bond donors (Lipinski definition) is 0. The Morgan fingerprint density at radius 2 is 0.821 bits per heavy atom. The highest BCUT2D eigenvalue weighted by molar-refractivity contribution is 6.18. The van der Waals surface area contributed by atoms with E-state index in [1.165, 1.54) is 70.2 Å². The first kappa shape index (κ1) is 23.3. The Hall–Kier alpha value is -0.980. The molecule has 2 heteroatoms. The molecule has 0 amide bonds. The fourth-order valence-corrected chi connectivity index (χ4v) is 4.76. The van der Waals surface area contributed by atoms with Crippen LogP contribution in [0.25, 0.3) is 11.1 Å². The Morgan fingerprint density at radius 1 is 0.500 bits per heavy atom. The van der Waals surface area contributed by atoms with Gasteiger partial charge in [0.2, 0.25) is 0 Å². The van der Waals surface area contributed by atoms with Crippen LogP contribution in [0.2, 0.25) is 0 Å². The molecule has 0 aliphatic carbocycles. The summed E-state index contributed by atoms with van der Waals surface area (Å²) in [5.41, 5.74) is 11.4. The van der Waals surface area contributed by atoms with Gasteiger partial charge in [0.25, 0.3) is 0 Å². The highest BCUT2D eigenvalue weighted by Crippen LogP contribution is 2.35. The van der Waals surface area contributed by atoms with Gasteiger partial charge in [-0.25, -0.2) is 0 Å². The number of aryl methyl sites for hydroxylation is 6. The van der Waals surface area contributed by atoms with Crippen LogP contribution in [0.4, 0.5) is 0 Å². The Balaban J connectivity index is 2.22. The van der Waals surface area contributed by atoms with Gasteiger partial charge in [0, 0.05) is 11.8 Å². The van der Waals surface area contributed by atoms with Crippen LogP contribution in [0, 0.1) is 27.7 Å². The van der Waals surface area contributed by atoms with Crippen LogP contribution < -0.4 is 0 Å². The van der Waals surface area contributed by atoms with E-state index < -0.39 is 0 Å². The van der Waals surface area contributed by atoms with Crippen molar-refractivity contribution >= 4 is 23.2 Å². The zero-order chi connectivity index (χ0) is 20.5. The van der Waals surface area contributed by atoms with E-state index in [2.05, 4.69) is 52.0 Å². The predicted octanol–water partition coefficient (Wildman–Crippen LogP) is 8.49. The van der Waals surface area contributed by atoms with E-state index in [-0.39, 0.29) is 0 Å². The van der Waals surface area contributed by atoms with Crippen LogP contribution in [0.5, 0.6) is 0 Å². The lowest BCUT2D eigenvalue weighted by molar-refractivity contribution is 0.720. The molecule has 0 spiro atoms. The lowest BCUT2D eigenvalue weighted by Gasteiger charge is -2.19. The molecule has 0 unspecified atom stereocenters. The van der Waals surface area contributed by atoms with Crippen molar-refractivity contribution in [3.05, 3.63) is 57.6 Å². The second kappa shape index (κ2) is 11.9. The summed E-state index contributed by atoms with van der Waals surface area (Å²) in [6, 6.07) is 9.56. The molecule has 0 heterocycles. The van der Waals surface area contributed by atoms with Gasteiger partial charge in [0.05, 0.1) is 0 Å². The standard InChI is InChI=1S/C26H36Cl2/c1-19-15-23(11-7-5-9-13-27)16-20(2)25(19)26-21(3)17-24(18-22(26)4)12-8-6-10-14-28/h15-18H,5-14H2,1-4H3. The monoisotopic (exact) mass is 418 g/mol. The smallest absolute Gasteiger partial charge is 0.0223 e. The molecule has 0 aliphatic rings. The Morgan fingerprint density at radius 3 is 1.11 bits per heavy atom. The molecule has 0 saturated heterocycles. The molecule has 0 saturated carbocycles. The highest BCUT2D eigenvalue weighted by Gasteiger charge is 2.13. The maximum Gasteiger partial charge on any atom is 0.0223 e. The van der Waals surface area contributed by atoms with E-state index in [9.17, 15) is 0 Å². The summed E-state index contributed by atoms with van der Waals surface area (Å²) in [7, 11) is 0. The third kappa shape index (κ3) is 6.53. The second-order valence-corrected chi connectivity index (χ2v) is 8.96. The third-order valence-electron chi connectivity index (χ3n) is 5.63. The summed E-state index contributed by atoms with van der Waals surface area (Å²) in [4.78, 5) is 0. The van der Waals surface area contributed by atoms with Crippen molar-refractivity contribution < 1.29 is 0 Å². The molecule has 0 aliphatic heterocycles. The minimum Gasteiger partial charge on any atom is -0.127 e. The summed E-state index contributed by atoms with van der Waals surface area (Å²) in [6.07, 6.45) is 9.42. The molecule has 2 aromatic rings. The van der Waals surface area contributed by atoms with Crippen molar-refractivity contribution in [2.24, 2.45) is 0 Å². The van der Waals surface area contributed by atoms with Crippen molar-refractivity contribution in [1.82, 2.24) is 0 Å². The van der Waals surface area contributed by atoms with Gasteiger partial charge in [-0.15, -0.1) is 23.2 Å². The topological polar surface area (TPSA) is 0 Å². The maximum atomic E-state index is 5.80. The molecule has 0 radical (unpaired) electrons.